The lowest BCUT2D eigenvalue weighted by atomic mass is 10.2. The monoisotopic (exact) mass is 261 g/mol. The van der Waals surface area contributed by atoms with Crippen LogP contribution >= 0.6 is 0 Å². The van der Waals surface area contributed by atoms with Crippen molar-refractivity contribution in [2.75, 3.05) is 19.0 Å². The number of imidazole rings is 1. The van der Waals surface area contributed by atoms with Crippen molar-refractivity contribution in [1.82, 2.24) is 9.97 Å². The van der Waals surface area contributed by atoms with Crippen molar-refractivity contribution in [2.45, 2.75) is 6.92 Å². The Kier molecular flexibility index (Phi) is 4.02. The Balaban J connectivity index is 2.19. The summed E-state index contributed by atoms with van der Waals surface area (Å²) in [6.45, 7) is 2.37. The molecule has 0 aliphatic carbocycles. The fraction of sp³-hybridized carbons (Fsp3) is 0.231. The molecule has 1 heterocycles. The molecule has 0 radical (unpaired) electrons. The fourth-order valence-electron chi connectivity index (χ4n) is 1.60. The quantitative estimate of drug-likeness (QED) is 0.863. The summed E-state index contributed by atoms with van der Waals surface area (Å²) >= 11 is 0. The number of aromatic nitrogens is 2. The number of H-pyrrole nitrogens is 1. The summed E-state index contributed by atoms with van der Waals surface area (Å²) in [6.07, 6.45) is 3.20. The van der Waals surface area contributed by atoms with Gasteiger partial charge < -0.3 is 14.5 Å². The Bertz CT molecular complexity index is 552. The van der Waals surface area contributed by atoms with Gasteiger partial charge in [0.15, 0.2) is 11.5 Å². The van der Waals surface area contributed by atoms with E-state index in [1.54, 1.807) is 37.7 Å². The molecule has 1 amide bonds. The smallest absolute Gasteiger partial charge is 0.258 e. The molecule has 0 atom stereocenters. The molecule has 1 aromatic heterocycles. The minimum atomic E-state index is -0.265. The first-order valence-electron chi connectivity index (χ1n) is 5.86. The summed E-state index contributed by atoms with van der Waals surface area (Å²) in [5.41, 5.74) is 0.473. The average molecular weight is 261 g/mol. The van der Waals surface area contributed by atoms with Crippen LogP contribution < -0.4 is 14.8 Å². The third-order valence-electron chi connectivity index (χ3n) is 2.46. The van der Waals surface area contributed by atoms with Crippen LogP contribution in [-0.4, -0.2) is 29.6 Å². The third kappa shape index (κ3) is 3.04. The minimum Gasteiger partial charge on any atom is -0.493 e. The Hall–Kier alpha value is -2.50. The van der Waals surface area contributed by atoms with Crippen molar-refractivity contribution >= 4 is 11.9 Å². The van der Waals surface area contributed by atoms with Crippen LogP contribution in [0.3, 0.4) is 0 Å². The number of nitrogens with zero attached hydrogens (tertiary/aromatic N) is 1. The van der Waals surface area contributed by atoms with Gasteiger partial charge in [0.2, 0.25) is 5.95 Å². The molecule has 0 spiro atoms. The Morgan fingerprint density at radius 3 is 2.89 bits per heavy atom. The molecule has 0 fully saturated rings. The number of nitrogens with one attached hydrogen (secondary N) is 2. The van der Waals surface area contributed by atoms with Crippen LogP contribution in [0.2, 0.25) is 0 Å². The zero-order valence-corrected chi connectivity index (χ0v) is 10.8. The Morgan fingerprint density at radius 2 is 2.26 bits per heavy atom. The van der Waals surface area contributed by atoms with Crippen LogP contribution in [0.1, 0.15) is 17.3 Å². The van der Waals surface area contributed by atoms with Gasteiger partial charge in [-0.3, -0.25) is 10.1 Å². The van der Waals surface area contributed by atoms with Crippen LogP contribution in [0.5, 0.6) is 11.5 Å². The van der Waals surface area contributed by atoms with Gasteiger partial charge in [-0.15, -0.1) is 0 Å². The van der Waals surface area contributed by atoms with Crippen LogP contribution in [0.4, 0.5) is 5.95 Å². The topological polar surface area (TPSA) is 76.2 Å². The lowest BCUT2D eigenvalue weighted by Gasteiger charge is -2.10. The molecule has 0 aliphatic rings. The Morgan fingerprint density at radius 1 is 1.42 bits per heavy atom. The highest BCUT2D eigenvalue weighted by atomic mass is 16.5. The summed E-state index contributed by atoms with van der Waals surface area (Å²) in [4.78, 5) is 18.7. The van der Waals surface area contributed by atoms with Gasteiger partial charge in [-0.25, -0.2) is 4.98 Å². The molecule has 0 aliphatic heterocycles. The van der Waals surface area contributed by atoms with E-state index in [4.69, 9.17) is 9.47 Å². The van der Waals surface area contributed by atoms with Gasteiger partial charge in [0.1, 0.15) is 0 Å². The van der Waals surface area contributed by atoms with E-state index >= 15 is 0 Å². The van der Waals surface area contributed by atoms with E-state index in [2.05, 4.69) is 15.3 Å². The van der Waals surface area contributed by atoms with E-state index in [0.717, 1.165) is 0 Å². The van der Waals surface area contributed by atoms with E-state index < -0.39 is 0 Å². The highest BCUT2D eigenvalue weighted by Crippen LogP contribution is 2.28. The lowest BCUT2D eigenvalue weighted by Crippen LogP contribution is -2.13. The van der Waals surface area contributed by atoms with Gasteiger partial charge in [-0.2, -0.15) is 0 Å². The van der Waals surface area contributed by atoms with E-state index in [9.17, 15) is 4.79 Å². The molecule has 0 saturated carbocycles. The second-order valence-corrected chi connectivity index (χ2v) is 3.69. The van der Waals surface area contributed by atoms with Crippen molar-refractivity contribution in [2.24, 2.45) is 0 Å². The molecule has 100 valence electrons. The first-order valence-corrected chi connectivity index (χ1v) is 5.86. The number of amides is 1. The number of hydrogen-bond acceptors (Lipinski definition) is 4. The minimum absolute atomic E-state index is 0.265. The van der Waals surface area contributed by atoms with E-state index in [-0.39, 0.29) is 5.91 Å². The van der Waals surface area contributed by atoms with Crippen molar-refractivity contribution < 1.29 is 14.3 Å². The molecule has 2 aromatic rings. The molecular weight excluding hydrogens is 246 g/mol. The Labute approximate surface area is 110 Å². The van der Waals surface area contributed by atoms with Crippen molar-refractivity contribution in [1.29, 1.82) is 0 Å². The number of carbonyl (C=O) groups is 1. The number of aromatic amines is 1. The predicted octanol–water partition coefficient (Wildman–Crippen LogP) is 2.07. The number of methoxy groups -OCH3 is 1. The number of benzene rings is 1. The third-order valence-corrected chi connectivity index (χ3v) is 2.46. The molecular formula is C13H15N3O3. The first kappa shape index (κ1) is 12.9. The summed E-state index contributed by atoms with van der Waals surface area (Å²) in [5, 5.41) is 2.64. The average Bonchev–Trinajstić information content (AvgIpc) is 2.92. The van der Waals surface area contributed by atoms with Gasteiger partial charge in [0.05, 0.1) is 13.7 Å². The highest BCUT2D eigenvalue weighted by Gasteiger charge is 2.11. The van der Waals surface area contributed by atoms with Crippen LogP contribution in [0, 0.1) is 0 Å². The zero-order chi connectivity index (χ0) is 13.7. The van der Waals surface area contributed by atoms with Crippen LogP contribution in [-0.2, 0) is 0 Å². The normalized spacial score (nSPS) is 10.0. The maximum atomic E-state index is 12.0. The fourth-order valence-corrected chi connectivity index (χ4v) is 1.60. The summed E-state index contributed by atoms with van der Waals surface area (Å²) in [5.74, 6) is 1.27. The second kappa shape index (κ2) is 5.90. The maximum Gasteiger partial charge on any atom is 0.258 e. The van der Waals surface area contributed by atoms with Gasteiger partial charge in [-0.05, 0) is 25.1 Å². The van der Waals surface area contributed by atoms with Gasteiger partial charge in [0.25, 0.3) is 5.91 Å². The van der Waals surface area contributed by atoms with Gasteiger partial charge in [0, 0.05) is 18.0 Å². The second-order valence-electron chi connectivity index (χ2n) is 3.69. The summed E-state index contributed by atoms with van der Waals surface area (Å²) < 4.78 is 10.6. The summed E-state index contributed by atoms with van der Waals surface area (Å²) in [6, 6.07) is 5.00. The number of ether oxygens (including phenoxy) is 2. The molecule has 2 N–H and O–H groups in total. The molecule has 0 bridgehead atoms. The number of hydrogen-bond donors (Lipinski definition) is 2. The SMILES string of the molecule is CCOc1cc(C(=O)Nc2ncc[nH]2)ccc1OC. The zero-order valence-electron chi connectivity index (χ0n) is 10.8. The van der Waals surface area contributed by atoms with E-state index in [0.29, 0.717) is 29.6 Å². The van der Waals surface area contributed by atoms with Crippen molar-refractivity contribution in [3.63, 3.8) is 0 Å². The molecule has 6 heteroatoms. The molecule has 19 heavy (non-hydrogen) atoms. The van der Waals surface area contributed by atoms with E-state index in [1.807, 2.05) is 6.92 Å². The number of anilines is 1. The van der Waals surface area contributed by atoms with Crippen molar-refractivity contribution in [3.8, 4) is 11.5 Å². The molecule has 0 saturated heterocycles. The van der Waals surface area contributed by atoms with Crippen LogP contribution in [0.15, 0.2) is 30.6 Å². The number of carbonyl (C=O) groups excluding carboxylic acids is 1. The molecule has 0 unspecified atom stereocenters. The molecule has 1 aromatic carbocycles. The van der Waals surface area contributed by atoms with Crippen molar-refractivity contribution in [3.05, 3.63) is 36.2 Å². The highest BCUT2D eigenvalue weighted by molar-refractivity contribution is 6.03. The molecule has 2 rings (SSSR count). The lowest BCUT2D eigenvalue weighted by molar-refractivity contribution is 0.102. The van der Waals surface area contributed by atoms with Gasteiger partial charge >= 0.3 is 0 Å². The predicted molar refractivity (Wildman–Crippen MR) is 70.7 cm³/mol. The molecule has 6 nitrogen and oxygen atoms in total. The van der Waals surface area contributed by atoms with E-state index in [1.165, 1.54) is 0 Å². The first-order chi connectivity index (χ1) is 9.24. The number of rotatable bonds is 5. The van der Waals surface area contributed by atoms with Crippen LogP contribution in [0.25, 0.3) is 0 Å². The maximum absolute atomic E-state index is 12.0. The summed E-state index contributed by atoms with van der Waals surface area (Å²) in [7, 11) is 1.56. The largest absolute Gasteiger partial charge is 0.493 e. The standard InChI is InChI=1S/C13H15N3O3/c1-3-19-11-8-9(4-5-10(11)18-2)12(17)16-13-14-6-7-15-13/h4-8H,3H2,1-2H3,(H2,14,15,16,17). The van der Waals surface area contributed by atoms with Gasteiger partial charge in [-0.1, -0.05) is 0 Å².